The zero-order valence-corrected chi connectivity index (χ0v) is 14.2. The van der Waals surface area contributed by atoms with Crippen LogP contribution in [0.15, 0.2) is 6.20 Å². The molecule has 1 aromatic rings. The molecule has 0 bridgehead atoms. The van der Waals surface area contributed by atoms with E-state index in [1.54, 1.807) is 0 Å². The van der Waals surface area contributed by atoms with Crippen LogP contribution in [0, 0.1) is 5.82 Å². The number of methoxy groups -OCH3 is 1. The summed E-state index contributed by atoms with van der Waals surface area (Å²) in [6, 6.07) is 0.343. The second-order valence-corrected chi connectivity index (χ2v) is 5.89. The number of rotatable bonds is 6. The molecule has 0 radical (unpaired) electrons. The number of nitrogens with zero attached hydrogens (tertiary/aromatic N) is 3. The average molecular weight is 346 g/mol. The highest BCUT2D eigenvalue weighted by Gasteiger charge is 2.19. The Morgan fingerprint density at radius 3 is 2.78 bits per heavy atom. The number of carboxylic acid groups (broad SMARTS) is 1. The molecule has 7 nitrogen and oxygen atoms in total. The molecule has 0 saturated carbocycles. The van der Waals surface area contributed by atoms with Crippen LogP contribution in [0.25, 0.3) is 0 Å². The normalized spacial score (nSPS) is 15.4. The average Bonchev–Trinajstić information content (AvgIpc) is 2.56. The first-order valence-electron chi connectivity index (χ1n) is 7.26. The lowest BCUT2D eigenvalue weighted by atomic mass is 10.1. The molecule has 2 heterocycles. The van der Waals surface area contributed by atoms with Crippen LogP contribution in [0.2, 0.25) is 0 Å². The monoisotopic (exact) mass is 346 g/mol. The highest BCUT2D eigenvalue weighted by atomic mass is 32.2. The van der Waals surface area contributed by atoms with E-state index in [0.29, 0.717) is 12.0 Å². The summed E-state index contributed by atoms with van der Waals surface area (Å²) in [6.07, 6.45) is 5.38. The number of ether oxygens (including phenoxy) is 1. The third-order valence-electron chi connectivity index (χ3n) is 3.44. The van der Waals surface area contributed by atoms with E-state index in [4.69, 9.17) is 14.6 Å². The maximum absolute atomic E-state index is 13.2. The molecule has 1 fully saturated rings. The van der Waals surface area contributed by atoms with Crippen LogP contribution < -0.4 is 10.1 Å². The van der Waals surface area contributed by atoms with Gasteiger partial charge in [-0.1, -0.05) is 0 Å². The Labute approximate surface area is 139 Å². The smallest absolute Gasteiger partial charge is 0.290 e. The molecule has 0 unspecified atom stereocenters. The van der Waals surface area contributed by atoms with Crippen molar-refractivity contribution in [1.82, 2.24) is 14.9 Å². The standard InChI is InChI=1S/C13H21FN4OS.CH2O2/c1-19-12-11(14)9-15-13(17-12)16-10-3-5-18(6-4-10)7-8-20-2;2-1-3/h9-10H,3-8H2,1-2H3,(H,15,16,17);1H,(H,2,3). The van der Waals surface area contributed by atoms with Crippen molar-refractivity contribution in [2.75, 3.05) is 44.1 Å². The molecule has 0 spiro atoms. The van der Waals surface area contributed by atoms with E-state index in [2.05, 4.69) is 26.4 Å². The molecule has 23 heavy (non-hydrogen) atoms. The summed E-state index contributed by atoms with van der Waals surface area (Å²) in [5.74, 6) is 1.06. The van der Waals surface area contributed by atoms with Gasteiger partial charge in [-0.3, -0.25) is 4.79 Å². The van der Waals surface area contributed by atoms with Gasteiger partial charge in [0.1, 0.15) is 0 Å². The fourth-order valence-electron chi connectivity index (χ4n) is 2.27. The largest absolute Gasteiger partial charge is 0.483 e. The van der Waals surface area contributed by atoms with Crippen molar-refractivity contribution < 1.29 is 19.0 Å². The molecule has 2 rings (SSSR count). The lowest BCUT2D eigenvalue weighted by molar-refractivity contribution is -0.122. The first kappa shape index (κ1) is 19.4. The first-order valence-corrected chi connectivity index (χ1v) is 8.66. The lowest BCUT2D eigenvalue weighted by Crippen LogP contribution is -2.40. The minimum absolute atomic E-state index is 0.0140. The van der Waals surface area contributed by atoms with Crippen LogP contribution in [0.3, 0.4) is 0 Å². The van der Waals surface area contributed by atoms with Gasteiger partial charge in [0.25, 0.3) is 12.4 Å². The summed E-state index contributed by atoms with van der Waals surface area (Å²) in [7, 11) is 1.40. The predicted molar refractivity (Wildman–Crippen MR) is 88.7 cm³/mol. The summed E-state index contributed by atoms with van der Waals surface area (Å²) < 4.78 is 18.1. The van der Waals surface area contributed by atoms with Crippen LogP contribution >= 0.6 is 11.8 Å². The van der Waals surface area contributed by atoms with E-state index in [1.165, 1.54) is 12.9 Å². The Bertz CT molecular complexity index is 473. The Kier molecular flexibility index (Phi) is 9.30. The minimum Gasteiger partial charge on any atom is -0.483 e. The number of likely N-dealkylation sites (tertiary alicyclic amines) is 1. The maximum atomic E-state index is 13.2. The third-order valence-corrected chi connectivity index (χ3v) is 4.03. The summed E-state index contributed by atoms with van der Waals surface area (Å²) in [6.45, 7) is 3.06. The van der Waals surface area contributed by atoms with E-state index in [9.17, 15) is 4.39 Å². The van der Waals surface area contributed by atoms with Crippen LogP contribution in [-0.4, -0.2) is 71.2 Å². The molecule has 0 amide bonds. The number of hydrogen-bond acceptors (Lipinski definition) is 7. The summed E-state index contributed by atoms with van der Waals surface area (Å²) in [4.78, 5) is 18.8. The Morgan fingerprint density at radius 1 is 1.57 bits per heavy atom. The molecule has 0 aliphatic carbocycles. The van der Waals surface area contributed by atoms with Crippen molar-refractivity contribution in [3.63, 3.8) is 0 Å². The van der Waals surface area contributed by atoms with Gasteiger partial charge < -0.3 is 20.1 Å². The summed E-state index contributed by atoms with van der Waals surface area (Å²) in [5, 5.41) is 10.1. The zero-order chi connectivity index (χ0) is 17.1. The predicted octanol–water partition coefficient (Wildman–Crippen LogP) is 1.56. The van der Waals surface area contributed by atoms with Crippen LogP contribution in [-0.2, 0) is 4.79 Å². The molecular weight excluding hydrogens is 323 g/mol. The zero-order valence-electron chi connectivity index (χ0n) is 13.4. The number of nitrogens with one attached hydrogen (secondary N) is 1. The van der Waals surface area contributed by atoms with E-state index >= 15 is 0 Å². The van der Waals surface area contributed by atoms with Crippen LogP contribution in [0.1, 0.15) is 12.8 Å². The second kappa shape index (κ2) is 11.0. The van der Waals surface area contributed by atoms with Gasteiger partial charge in [-0.2, -0.15) is 21.1 Å². The molecule has 1 aromatic heterocycles. The molecule has 1 saturated heterocycles. The number of thioether (sulfide) groups is 1. The molecule has 0 aromatic carbocycles. The fourth-order valence-corrected chi connectivity index (χ4v) is 2.71. The molecule has 2 N–H and O–H groups in total. The summed E-state index contributed by atoms with van der Waals surface area (Å²) >= 11 is 1.88. The number of carbonyl (C=O) groups is 1. The molecule has 0 atom stereocenters. The Hall–Kier alpha value is -1.61. The minimum atomic E-state index is -0.537. The summed E-state index contributed by atoms with van der Waals surface area (Å²) in [5.41, 5.74) is 0. The van der Waals surface area contributed by atoms with E-state index in [1.807, 2.05) is 11.8 Å². The molecule has 130 valence electrons. The third kappa shape index (κ3) is 7.00. The van der Waals surface area contributed by atoms with Crippen molar-refractivity contribution in [3.05, 3.63) is 12.0 Å². The topological polar surface area (TPSA) is 87.6 Å². The number of halogens is 1. The van der Waals surface area contributed by atoms with Gasteiger partial charge in [0.05, 0.1) is 13.3 Å². The number of aromatic nitrogens is 2. The van der Waals surface area contributed by atoms with Gasteiger partial charge in [-0.05, 0) is 19.1 Å². The molecular formula is C14H23FN4O3S. The Balaban J connectivity index is 0.000000816. The highest BCUT2D eigenvalue weighted by Crippen LogP contribution is 2.17. The number of piperidine rings is 1. The van der Waals surface area contributed by atoms with Gasteiger partial charge in [0, 0.05) is 31.4 Å². The molecule has 1 aliphatic rings. The van der Waals surface area contributed by atoms with Gasteiger partial charge >= 0.3 is 0 Å². The van der Waals surface area contributed by atoms with Gasteiger partial charge in [-0.15, -0.1) is 0 Å². The SMILES string of the molecule is COc1nc(NC2CCN(CCSC)CC2)ncc1F.O=CO. The van der Waals surface area contributed by atoms with E-state index < -0.39 is 5.82 Å². The van der Waals surface area contributed by atoms with Crippen molar-refractivity contribution in [1.29, 1.82) is 0 Å². The van der Waals surface area contributed by atoms with Crippen molar-refractivity contribution in [2.24, 2.45) is 0 Å². The lowest BCUT2D eigenvalue weighted by Gasteiger charge is -2.32. The number of anilines is 1. The molecule has 1 aliphatic heterocycles. The van der Waals surface area contributed by atoms with E-state index in [-0.39, 0.29) is 12.4 Å². The Morgan fingerprint density at radius 2 is 2.22 bits per heavy atom. The van der Waals surface area contributed by atoms with Crippen molar-refractivity contribution in [2.45, 2.75) is 18.9 Å². The number of hydrogen-bond donors (Lipinski definition) is 2. The fraction of sp³-hybridized carbons (Fsp3) is 0.643. The van der Waals surface area contributed by atoms with Crippen LogP contribution in [0.5, 0.6) is 5.88 Å². The van der Waals surface area contributed by atoms with Crippen LogP contribution in [0.4, 0.5) is 10.3 Å². The first-order chi connectivity index (χ1) is 11.1. The van der Waals surface area contributed by atoms with Gasteiger partial charge in [-0.25, -0.2) is 4.98 Å². The quantitative estimate of drug-likeness (QED) is 0.751. The van der Waals surface area contributed by atoms with E-state index in [0.717, 1.165) is 38.7 Å². The van der Waals surface area contributed by atoms with Crippen molar-refractivity contribution in [3.8, 4) is 5.88 Å². The van der Waals surface area contributed by atoms with Gasteiger partial charge in [0.15, 0.2) is 0 Å². The molecule has 9 heteroatoms. The maximum Gasteiger partial charge on any atom is 0.290 e. The highest BCUT2D eigenvalue weighted by molar-refractivity contribution is 7.98. The van der Waals surface area contributed by atoms with Crippen molar-refractivity contribution >= 4 is 24.2 Å². The van der Waals surface area contributed by atoms with Gasteiger partial charge in [0.2, 0.25) is 11.8 Å². The second-order valence-electron chi connectivity index (χ2n) is 4.91.